The molecule has 1 atom stereocenters. The van der Waals surface area contributed by atoms with E-state index >= 15 is 0 Å². The van der Waals surface area contributed by atoms with Crippen molar-refractivity contribution in [1.82, 2.24) is 0 Å². The number of ether oxygens (including phenoxy) is 3. The Kier molecular flexibility index (Phi) is 7.37. The molecule has 1 unspecified atom stereocenters. The molecule has 0 amide bonds. The molecular formula is C9H19NO4. The fourth-order valence-electron chi connectivity index (χ4n) is 0.808. The summed E-state index contributed by atoms with van der Waals surface area (Å²) in [5.74, 6) is -0.442. The largest absolute Gasteiger partial charge is 0.461 e. The first-order valence-corrected chi connectivity index (χ1v) is 4.63. The number of esters is 1. The van der Waals surface area contributed by atoms with Crippen molar-refractivity contribution in [1.29, 1.82) is 0 Å². The molecule has 5 heteroatoms. The van der Waals surface area contributed by atoms with Crippen molar-refractivity contribution >= 4 is 5.97 Å². The summed E-state index contributed by atoms with van der Waals surface area (Å²) in [4.78, 5) is 11.2. The van der Waals surface area contributed by atoms with Crippen LogP contribution in [0.4, 0.5) is 0 Å². The zero-order chi connectivity index (χ0) is 11.0. The standard InChI is InChI=1S/C9H19NO4/c1-7(2)13-4-5-14-9(11)8(6-10)12-3/h7-8H,4-6,10H2,1-3H3. The zero-order valence-electron chi connectivity index (χ0n) is 8.99. The highest BCUT2D eigenvalue weighted by molar-refractivity contribution is 5.74. The van der Waals surface area contributed by atoms with E-state index in [1.807, 2.05) is 13.8 Å². The molecule has 5 nitrogen and oxygen atoms in total. The molecule has 0 aliphatic carbocycles. The smallest absolute Gasteiger partial charge is 0.336 e. The van der Waals surface area contributed by atoms with E-state index in [0.717, 1.165) is 0 Å². The second-order valence-electron chi connectivity index (χ2n) is 3.05. The van der Waals surface area contributed by atoms with Crippen molar-refractivity contribution in [3.05, 3.63) is 0 Å². The minimum Gasteiger partial charge on any atom is -0.461 e. The van der Waals surface area contributed by atoms with Crippen LogP contribution in [0.3, 0.4) is 0 Å². The molecule has 0 radical (unpaired) electrons. The minimum atomic E-state index is -0.672. The lowest BCUT2D eigenvalue weighted by molar-refractivity contribution is -0.156. The number of carbonyl (C=O) groups excluding carboxylic acids is 1. The molecule has 84 valence electrons. The van der Waals surface area contributed by atoms with Gasteiger partial charge in [-0.25, -0.2) is 4.79 Å². The van der Waals surface area contributed by atoms with E-state index in [1.54, 1.807) is 0 Å². The van der Waals surface area contributed by atoms with Gasteiger partial charge in [0.1, 0.15) is 6.61 Å². The molecule has 0 saturated heterocycles. The second-order valence-corrected chi connectivity index (χ2v) is 3.05. The van der Waals surface area contributed by atoms with Crippen LogP contribution >= 0.6 is 0 Å². The van der Waals surface area contributed by atoms with E-state index in [4.69, 9.17) is 19.9 Å². The summed E-state index contributed by atoms with van der Waals surface area (Å²) < 4.78 is 14.9. The van der Waals surface area contributed by atoms with Crippen LogP contribution in [0.2, 0.25) is 0 Å². The molecule has 2 N–H and O–H groups in total. The highest BCUT2D eigenvalue weighted by Crippen LogP contribution is 1.93. The predicted molar refractivity (Wildman–Crippen MR) is 51.9 cm³/mol. The molecule has 0 saturated carbocycles. The number of carbonyl (C=O) groups is 1. The maximum absolute atomic E-state index is 11.2. The Bertz CT molecular complexity index is 157. The highest BCUT2D eigenvalue weighted by atomic mass is 16.6. The van der Waals surface area contributed by atoms with E-state index in [1.165, 1.54) is 7.11 Å². The molecule has 0 fully saturated rings. The minimum absolute atomic E-state index is 0.125. The van der Waals surface area contributed by atoms with Gasteiger partial charge in [-0.1, -0.05) is 0 Å². The number of hydrogen-bond acceptors (Lipinski definition) is 5. The molecule has 0 aliphatic heterocycles. The van der Waals surface area contributed by atoms with Crippen LogP contribution in [-0.2, 0) is 19.0 Å². The second kappa shape index (κ2) is 7.73. The van der Waals surface area contributed by atoms with Crippen LogP contribution < -0.4 is 5.73 Å². The van der Waals surface area contributed by atoms with Gasteiger partial charge in [-0.15, -0.1) is 0 Å². The Hall–Kier alpha value is -0.650. The lowest BCUT2D eigenvalue weighted by atomic mass is 10.4. The average Bonchev–Trinajstić information content (AvgIpc) is 2.14. The van der Waals surface area contributed by atoms with Gasteiger partial charge < -0.3 is 19.9 Å². The molecular weight excluding hydrogens is 186 g/mol. The SMILES string of the molecule is COC(CN)C(=O)OCCOC(C)C. The molecule has 0 aromatic rings. The molecule has 0 spiro atoms. The summed E-state index contributed by atoms with van der Waals surface area (Å²) in [5.41, 5.74) is 5.28. The number of rotatable bonds is 7. The van der Waals surface area contributed by atoms with Crippen LogP contribution in [0.5, 0.6) is 0 Å². The molecule has 0 aromatic carbocycles. The third kappa shape index (κ3) is 5.90. The van der Waals surface area contributed by atoms with Crippen molar-refractivity contribution in [2.75, 3.05) is 26.9 Å². The molecule has 0 rings (SSSR count). The van der Waals surface area contributed by atoms with Gasteiger partial charge in [0.25, 0.3) is 0 Å². The van der Waals surface area contributed by atoms with E-state index in [-0.39, 0.29) is 19.3 Å². The third-order valence-electron chi connectivity index (χ3n) is 1.54. The first-order chi connectivity index (χ1) is 6.61. The summed E-state index contributed by atoms with van der Waals surface area (Å²) in [5, 5.41) is 0. The Morgan fingerprint density at radius 3 is 2.43 bits per heavy atom. The molecule has 14 heavy (non-hydrogen) atoms. The first kappa shape index (κ1) is 13.4. The van der Waals surface area contributed by atoms with Crippen LogP contribution in [0, 0.1) is 0 Å². The monoisotopic (exact) mass is 205 g/mol. The topological polar surface area (TPSA) is 70.8 Å². The summed E-state index contributed by atoms with van der Waals surface area (Å²) >= 11 is 0. The molecule has 0 bridgehead atoms. The van der Waals surface area contributed by atoms with Gasteiger partial charge in [0.15, 0.2) is 6.10 Å². The van der Waals surface area contributed by atoms with Crippen LogP contribution in [0.25, 0.3) is 0 Å². The van der Waals surface area contributed by atoms with Crippen molar-refractivity contribution < 1.29 is 19.0 Å². The lowest BCUT2D eigenvalue weighted by Gasteiger charge is -2.12. The average molecular weight is 205 g/mol. The maximum atomic E-state index is 11.2. The van der Waals surface area contributed by atoms with Gasteiger partial charge in [-0.2, -0.15) is 0 Å². The van der Waals surface area contributed by atoms with Crippen molar-refractivity contribution in [2.45, 2.75) is 26.1 Å². The molecule has 0 aliphatic rings. The molecule has 0 heterocycles. The maximum Gasteiger partial charge on any atom is 0.336 e. The van der Waals surface area contributed by atoms with E-state index in [9.17, 15) is 4.79 Å². The van der Waals surface area contributed by atoms with E-state index in [0.29, 0.717) is 6.61 Å². The van der Waals surface area contributed by atoms with Gasteiger partial charge in [0, 0.05) is 13.7 Å². The quantitative estimate of drug-likeness (QED) is 0.465. The fraction of sp³-hybridized carbons (Fsp3) is 0.889. The Balaban J connectivity index is 3.52. The number of hydrogen-bond donors (Lipinski definition) is 1. The highest BCUT2D eigenvalue weighted by Gasteiger charge is 2.16. The Labute approximate surface area is 84.5 Å². The van der Waals surface area contributed by atoms with Gasteiger partial charge >= 0.3 is 5.97 Å². The predicted octanol–water partition coefficient (Wildman–Crippen LogP) is -0.0717. The lowest BCUT2D eigenvalue weighted by Crippen LogP contribution is -2.33. The van der Waals surface area contributed by atoms with Crippen molar-refractivity contribution in [3.63, 3.8) is 0 Å². The number of nitrogens with two attached hydrogens (primary N) is 1. The van der Waals surface area contributed by atoms with Crippen molar-refractivity contribution in [2.24, 2.45) is 5.73 Å². The van der Waals surface area contributed by atoms with Gasteiger partial charge in [-0.05, 0) is 13.8 Å². The summed E-state index contributed by atoms with van der Waals surface area (Å²) in [7, 11) is 1.42. The fourth-order valence-corrected chi connectivity index (χ4v) is 0.808. The number of methoxy groups -OCH3 is 1. The summed E-state index contributed by atoms with van der Waals surface area (Å²) in [6.45, 7) is 4.58. The van der Waals surface area contributed by atoms with Gasteiger partial charge in [0.05, 0.1) is 12.7 Å². The van der Waals surface area contributed by atoms with E-state index in [2.05, 4.69) is 0 Å². The van der Waals surface area contributed by atoms with Crippen molar-refractivity contribution in [3.8, 4) is 0 Å². The van der Waals surface area contributed by atoms with Crippen LogP contribution in [-0.4, -0.2) is 45.0 Å². The van der Waals surface area contributed by atoms with Gasteiger partial charge in [-0.3, -0.25) is 0 Å². The van der Waals surface area contributed by atoms with Crippen LogP contribution in [0.1, 0.15) is 13.8 Å². The zero-order valence-corrected chi connectivity index (χ0v) is 8.99. The first-order valence-electron chi connectivity index (χ1n) is 4.63. The normalized spacial score (nSPS) is 12.9. The summed E-state index contributed by atoms with van der Waals surface area (Å²) in [6, 6.07) is 0. The Morgan fingerprint density at radius 1 is 1.36 bits per heavy atom. The van der Waals surface area contributed by atoms with E-state index < -0.39 is 12.1 Å². The third-order valence-corrected chi connectivity index (χ3v) is 1.54. The van der Waals surface area contributed by atoms with Gasteiger partial charge in [0.2, 0.25) is 0 Å². The Morgan fingerprint density at radius 2 is 2.00 bits per heavy atom. The van der Waals surface area contributed by atoms with Crippen LogP contribution in [0.15, 0.2) is 0 Å². The molecule has 0 aromatic heterocycles. The summed E-state index contributed by atoms with van der Waals surface area (Å²) in [6.07, 6.45) is -0.532.